The van der Waals surface area contributed by atoms with Crippen LogP contribution in [0, 0.1) is 5.82 Å². The smallest absolute Gasteiger partial charge is 0.258 e. The molecule has 1 heterocycles. The summed E-state index contributed by atoms with van der Waals surface area (Å²) in [6.07, 6.45) is 5.74. The van der Waals surface area contributed by atoms with Crippen molar-refractivity contribution in [3.05, 3.63) is 40.9 Å². The maximum Gasteiger partial charge on any atom is 0.258 e. The first-order valence-corrected chi connectivity index (χ1v) is 9.74. The third-order valence-electron chi connectivity index (χ3n) is 6.21. The number of nitrogens with one attached hydrogen (secondary N) is 1. The van der Waals surface area contributed by atoms with Gasteiger partial charge in [-0.05, 0) is 44.2 Å². The molecule has 9 heteroatoms. The number of carbonyl (C=O) groups excluding carboxylic acids is 1. The van der Waals surface area contributed by atoms with E-state index in [0.717, 1.165) is 43.9 Å². The number of aromatic nitrogens is 3. The van der Waals surface area contributed by atoms with Crippen molar-refractivity contribution < 1.29 is 19.0 Å². The standard InChI is InChI=1S/C19H20ClFN4O3/c20-14-2-1-13(5-15(14)21)28-7-17(27)22-19-8-18(9-19,10-19)16-6-25(24-23-16)11-3-12(26)4-11/h1-2,5-6,11-12,26H,3-4,7-10H2,(H,22,27)/t11-,12-,18?,19?. The molecule has 4 saturated carbocycles. The lowest BCUT2D eigenvalue weighted by Gasteiger charge is -2.69. The van der Waals surface area contributed by atoms with Gasteiger partial charge in [0.2, 0.25) is 0 Å². The highest BCUT2D eigenvalue weighted by atomic mass is 35.5. The molecule has 4 aliphatic carbocycles. The minimum absolute atomic E-state index is 0.00799. The molecule has 2 aromatic rings. The van der Waals surface area contributed by atoms with E-state index in [9.17, 15) is 14.3 Å². The van der Waals surface area contributed by atoms with Crippen molar-refractivity contribution in [2.24, 2.45) is 0 Å². The van der Waals surface area contributed by atoms with Crippen LogP contribution in [0.4, 0.5) is 4.39 Å². The van der Waals surface area contributed by atoms with Crippen molar-refractivity contribution >= 4 is 17.5 Å². The molecule has 0 atom stereocenters. The number of hydrogen-bond donors (Lipinski definition) is 2. The first kappa shape index (κ1) is 17.9. The van der Waals surface area contributed by atoms with Crippen molar-refractivity contribution in [2.75, 3.05) is 6.61 Å². The van der Waals surface area contributed by atoms with Gasteiger partial charge in [0.05, 0.1) is 22.9 Å². The summed E-state index contributed by atoms with van der Waals surface area (Å²) in [5.41, 5.74) is 0.786. The molecular weight excluding hydrogens is 387 g/mol. The van der Waals surface area contributed by atoms with Gasteiger partial charge >= 0.3 is 0 Å². The molecular formula is C19H20ClFN4O3. The zero-order chi connectivity index (χ0) is 19.5. The van der Waals surface area contributed by atoms with Gasteiger partial charge in [-0.2, -0.15) is 0 Å². The fourth-order valence-corrected chi connectivity index (χ4v) is 4.83. The highest BCUT2D eigenvalue weighted by molar-refractivity contribution is 6.30. The molecule has 1 aromatic carbocycles. The van der Waals surface area contributed by atoms with E-state index in [1.54, 1.807) is 0 Å². The summed E-state index contributed by atoms with van der Waals surface area (Å²) >= 11 is 5.63. The van der Waals surface area contributed by atoms with E-state index >= 15 is 0 Å². The Kier molecular flexibility index (Phi) is 3.93. The molecule has 148 valence electrons. The van der Waals surface area contributed by atoms with Crippen LogP contribution in [-0.4, -0.2) is 44.3 Å². The molecule has 0 spiro atoms. The van der Waals surface area contributed by atoms with Gasteiger partial charge in [0.15, 0.2) is 6.61 Å². The van der Waals surface area contributed by atoms with Crippen LogP contribution in [0.15, 0.2) is 24.4 Å². The Morgan fingerprint density at radius 3 is 2.82 bits per heavy atom. The number of amides is 1. The van der Waals surface area contributed by atoms with Gasteiger partial charge in [0, 0.05) is 23.2 Å². The quantitative estimate of drug-likeness (QED) is 0.767. The number of rotatable bonds is 6. The van der Waals surface area contributed by atoms with Crippen molar-refractivity contribution in [1.29, 1.82) is 0 Å². The normalized spacial score (nSPS) is 32.7. The van der Waals surface area contributed by atoms with E-state index in [1.165, 1.54) is 12.1 Å². The lowest BCUT2D eigenvalue weighted by molar-refractivity contribution is -0.140. The molecule has 2 N–H and O–H groups in total. The number of nitrogens with zero attached hydrogens (tertiary/aromatic N) is 3. The molecule has 0 radical (unpaired) electrons. The summed E-state index contributed by atoms with van der Waals surface area (Å²) in [4.78, 5) is 12.2. The minimum atomic E-state index is -0.578. The summed E-state index contributed by atoms with van der Waals surface area (Å²) in [5.74, 6) is -0.537. The van der Waals surface area contributed by atoms with E-state index in [0.29, 0.717) is 0 Å². The van der Waals surface area contributed by atoms with Gasteiger partial charge in [-0.15, -0.1) is 5.10 Å². The largest absolute Gasteiger partial charge is 0.484 e. The van der Waals surface area contributed by atoms with Crippen LogP contribution in [-0.2, 0) is 10.2 Å². The summed E-state index contributed by atoms with van der Waals surface area (Å²) < 4.78 is 20.6. The first-order chi connectivity index (χ1) is 13.4. The van der Waals surface area contributed by atoms with E-state index in [1.807, 2.05) is 10.9 Å². The topological polar surface area (TPSA) is 89.3 Å². The van der Waals surface area contributed by atoms with E-state index in [4.69, 9.17) is 16.3 Å². The highest BCUT2D eigenvalue weighted by Gasteiger charge is 2.70. The SMILES string of the molecule is O=C(COc1ccc(Cl)c(F)c1)NC12CC(c3cn([C@H]4C[C@H](O)C4)nn3)(C1)C2. The Morgan fingerprint density at radius 2 is 2.14 bits per heavy atom. The van der Waals surface area contributed by atoms with Crippen molar-refractivity contribution in [3.8, 4) is 5.75 Å². The second-order valence-electron chi connectivity index (χ2n) is 8.37. The van der Waals surface area contributed by atoms with E-state index < -0.39 is 5.82 Å². The number of aliphatic hydroxyl groups is 1. The summed E-state index contributed by atoms with van der Waals surface area (Å²) in [5, 5.41) is 21.0. The average molecular weight is 407 g/mol. The molecule has 4 aliphatic rings. The van der Waals surface area contributed by atoms with Gasteiger partial charge in [-0.3, -0.25) is 4.79 Å². The van der Waals surface area contributed by atoms with Gasteiger partial charge in [-0.1, -0.05) is 16.8 Å². The van der Waals surface area contributed by atoms with Crippen molar-refractivity contribution in [2.45, 2.75) is 55.2 Å². The fraction of sp³-hybridized carbons (Fsp3) is 0.526. The Hall–Kier alpha value is -2.19. The molecule has 1 aromatic heterocycles. The predicted octanol–water partition coefficient (Wildman–Crippen LogP) is 2.14. The molecule has 2 bridgehead atoms. The van der Waals surface area contributed by atoms with Crippen molar-refractivity contribution in [1.82, 2.24) is 20.3 Å². The van der Waals surface area contributed by atoms with Gasteiger partial charge < -0.3 is 15.2 Å². The van der Waals surface area contributed by atoms with Gasteiger partial charge in [-0.25, -0.2) is 9.07 Å². The highest BCUT2D eigenvalue weighted by Crippen LogP contribution is 2.67. The minimum Gasteiger partial charge on any atom is -0.484 e. The lowest BCUT2D eigenvalue weighted by atomic mass is 9.38. The van der Waals surface area contributed by atoms with Crippen LogP contribution in [0.1, 0.15) is 43.8 Å². The molecule has 0 saturated heterocycles. The maximum atomic E-state index is 13.4. The van der Waals surface area contributed by atoms with E-state index in [-0.39, 0.29) is 46.4 Å². The monoisotopic (exact) mass is 406 g/mol. The summed E-state index contributed by atoms with van der Waals surface area (Å²) in [6.45, 7) is -0.171. The van der Waals surface area contributed by atoms with Gasteiger partial charge in [0.25, 0.3) is 5.91 Å². The Morgan fingerprint density at radius 1 is 1.39 bits per heavy atom. The number of hydrogen-bond acceptors (Lipinski definition) is 5. The number of carbonyl (C=O) groups is 1. The number of aliphatic hydroxyl groups excluding tert-OH is 1. The van der Waals surface area contributed by atoms with Gasteiger partial charge in [0.1, 0.15) is 11.6 Å². The van der Waals surface area contributed by atoms with Crippen LogP contribution in [0.25, 0.3) is 0 Å². The van der Waals surface area contributed by atoms with Crippen molar-refractivity contribution in [3.63, 3.8) is 0 Å². The molecule has 0 aliphatic heterocycles. The van der Waals surface area contributed by atoms with Crippen LogP contribution in [0.2, 0.25) is 5.02 Å². The maximum absolute atomic E-state index is 13.4. The Bertz CT molecular complexity index is 923. The summed E-state index contributed by atoms with van der Waals surface area (Å²) in [7, 11) is 0. The fourth-order valence-electron chi connectivity index (χ4n) is 4.71. The molecule has 6 rings (SSSR count). The second kappa shape index (κ2) is 6.15. The van der Waals surface area contributed by atoms with Crippen LogP contribution < -0.4 is 10.1 Å². The zero-order valence-corrected chi connectivity index (χ0v) is 15.8. The van der Waals surface area contributed by atoms with Crippen LogP contribution in [0.3, 0.4) is 0 Å². The van der Waals surface area contributed by atoms with Crippen LogP contribution >= 0.6 is 11.6 Å². The Labute approximate surface area is 165 Å². The van der Waals surface area contributed by atoms with E-state index in [2.05, 4.69) is 15.6 Å². The third kappa shape index (κ3) is 2.86. The summed E-state index contributed by atoms with van der Waals surface area (Å²) in [6, 6.07) is 4.33. The zero-order valence-electron chi connectivity index (χ0n) is 15.1. The average Bonchev–Trinajstić information content (AvgIpc) is 3.04. The molecule has 7 nitrogen and oxygen atoms in total. The molecule has 1 amide bonds. The van der Waals surface area contributed by atoms with Crippen LogP contribution in [0.5, 0.6) is 5.75 Å². The Balaban J connectivity index is 1.12. The molecule has 0 unspecified atom stereocenters. The third-order valence-corrected chi connectivity index (χ3v) is 6.52. The number of benzene rings is 1. The number of ether oxygens (including phenoxy) is 1. The molecule has 4 fully saturated rings. The lowest BCUT2D eigenvalue weighted by Crippen LogP contribution is -2.77. The molecule has 28 heavy (non-hydrogen) atoms. The first-order valence-electron chi connectivity index (χ1n) is 9.36. The second-order valence-corrected chi connectivity index (χ2v) is 8.77. The number of halogens is 2. The predicted molar refractivity (Wildman–Crippen MR) is 97.6 cm³/mol.